The molecule has 0 N–H and O–H groups in total. The summed E-state index contributed by atoms with van der Waals surface area (Å²) in [6.07, 6.45) is 0. The summed E-state index contributed by atoms with van der Waals surface area (Å²) in [5.41, 5.74) is 0.517. The van der Waals surface area contributed by atoms with E-state index in [9.17, 15) is 8.78 Å². The van der Waals surface area contributed by atoms with Crippen LogP contribution >= 0.6 is 31.9 Å². The SMILES string of the molecule is Fc1cc(CBr)cc(F)c1OCCOc1ccc(Br)cc1. The lowest BCUT2D eigenvalue weighted by Crippen LogP contribution is -2.11. The van der Waals surface area contributed by atoms with Crippen LogP contribution in [0.4, 0.5) is 8.78 Å². The topological polar surface area (TPSA) is 18.5 Å². The fourth-order valence-corrected chi connectivity index (χ4v) is 2.25. The molecule has 6 heteroatoms. The van der Waals surface area contributed by atoms with Gasteiger partial charge in [0, 0.05) is 9.80 Å². The first-order valence-electron chi connectivity index (χ1n) is 6.15. The Hall–Kier alpha value is -1.14. The Morgan fingerprint density at radius 3 is 2.05 bits per heavy atom. The van der Waals surface area contributed by atoms with E-state index >= 15 is 0 Å². The minimum absolute atomic E-state index is 0.0531. The first-order chi connectivity index (χ1) is 10.1. The monoisotopic (exact) mass is 420 g/mol. The van der Waals surface area contributed by atoms with Crippen LogP contribution in [-0.2, 0) is 5.33 Å². The van der Waals surface area contributed by atoms with Gasteiger partial charge in [0.1, 0.15) is 19.0 Å². The maximum absolute atomic E-state index is 13.7. The highest BCUT2D eigenvalue weighted by Crippen LogP contribution is 2.24. The summed E-state index contributed by atoms with van der Waals surface area (Å²) in [6.45, 7) is 0.248. The van der Waals surface area contributed by atoms with Crippen LogP contribution in [0, 0.1) is 11.6 Å². The molecular formula is C15H12Br2F2O2. The molecule has 0 saturated heterocycles. The van der Waals surface area contributed by atoms with E-state index in [1.807, 2.05) is 12.1 Å². The predicted molar refractivity (Wildman–Crippen MR) is 84.1 cm³/mol. The molecule has 2 aromatic rings. The Kier molecular flexibility index (Phi) is 5.99. The molecule has 0 radical (unpaired) electrons. The zero-order chi connectivity index (χ0) is 15.2. The third-order valence-corrected chi connectivity index (χ3v) is 3.80. The molecule has 112 valence electrons. The normalized spacial score (nSPS) is 10.5. The smallest absolute Gasteiger partial charge is 0.190 e. The van der Waals surface area contributed by atoms with Crippen LogP contribution in [0.15, 0.2) is 40.9 Å². The van der Waals surface area contributed by atoms with E-state index in [1.54, 1.807) is 12.1 Å². The van der Waals surface area contributed by atoms with Crippen molar-refractivity contribution in [2.24, 2.45) is 0 Å². The number of hydrogen-bond donors (Lipinski definition) is 0. The van der Waals surface area contributed by atoms with Crippen LogP contribution < -0.4 is 9.47 Å². The van der Waals surface area contributed by atoms with Gasteiger partial charge in [-0.05, 0) is 42.0 Å². The molecule has 0 saturated carbocycles. The van der Waals surface area contributed by atoms with Crippen LogP contribution in [0.2, 0.25) is 0 Å². The summed E-state index contributed by atoms with van der Waals surface area (Å²) in [4.78, 5) is 0. The molecule has 0 aliphatic heterocycles. The number of hydrogen-bond acceptors (Lipinski definition) is 2. The molecule has 0 aromatic heterocycles. The zero-order valence-corrected chi connectivity index (χ0v) is 14.1. The third kappa shape index (κ3) is 4.68. The highest BCUT2D eigenvalue weighted by Gasteiger charge is 2.12. The van der Waals surface area contributed by atoms with Crippen LogP contribution in [0.3, 0.4) is 0 Å². The number of benzene rings is 2. The first-order valence-corrected chi connectivity index (χ1v) is 8.06. The summed E-state index contributed by atoms with van der Waals surface area (Å²) >= 11 is 6.47. The van der Waals surface area contributed by atoms with Gasteiger partial charge < -0.3 is 9.47 Å². The molecule has 0 heterocycles. The van der Waals surface area contributed by atoms with Gasteiger partial charge in [-0.3, -0.25) is 0 Å². The Bertz CT molecular complexity index is 580. The molecule has 0 atom stereocenters. The molecule has 2 aromatic carbocycles. The second-order valence-electron chi connectivity index (χ2n) is 4.17. The van der Waals surface area contributed by atoms with E-state index in [0.29, 0.717) is 16.6 Å². The molecule has 2 rings (SSSR count). The highest BCUT2D eigenvalue weighted by molar-refractivity contribution is 9.10. The van der Waals surface area contributed by atoms with Crippen molar-refractivity contribution < 1.29 is 18.3 Å². The quantitative estimate of drug-likeness (QED) is 0.478. The van der Waals surface area contributed by atoms with Gasteiger partial charge in [-0.1, -0.05) is 31.9 Å². The maximum Gasteiger partial charge on any atom is 0.190 e. The summed E-state index contributed by atoms with van der Waals surface area (Å²) in [7, 11) is 0. The lowest BCUT2D eigenvalue weighted by molar-refractivity contribution is 0.205. The highest BCUT2D eigenvalue weighted by atomic mass is 79.9. The van der Waals surface area contributed by atoms with E-state index in [2.05, 4.69) is 31.9 Å². The van der Waals surface area contributed by atoms with Crippen LogP contribution in [0.25, 0.3) is 0 Å². The molecule has 0 bridgehead atoms. The molecule has 0 aliphatic rings. The number of halogens is 4. The van der Waals surface area contributed by atoms with Gasteiger partial charge in [0.05, 0.1) is 0 Å². The van der Waals surface area contributed by atoms with Gasteiger partial charge in [-0.25, -0.2) is 8.78 Å². The van der Waals surface area contributed by atoms with Gasteiger partial charge in [0.25, 0.3) is 0 Å². The van der Waals surface area contributed by atoms with Gasteiger partial charge in [-0.2, -0.15) is 0 Å². The molecule has 2 nitrogen and oxygen atoms in total. The minimum atomic E-state index is -0.715. The Morgan fingerprint density at radius 1 is 0.905 bits per heavy atom. The number of rotatable bonds is 6. The van der Waals surface area contributed by atoms with E-state index in [4.69, 9.17) is 9.47 Å². The molecule has 0 fully saturated rings. The van der Waals surface area contributed by atoms with Gasteiger partial charge in [-0.15, -0.1) is 0 Å². The third-order valence-electron chi connectivity index (χ3n) is 2.62. The van der Waals surface area contributed by atoms with Crippen molar-refractivity contribution in [3.05, 3.63) is 58.1 Å². The van der Waals surface area contributed by atoms with Gasteiger partial charge >= 0.3 is 0 Å². The van der Waals surface area contributed by atoms with E-state index in [0.717, 1.165) is 4.47 Å². The molecule has 0 unspecified atom stereocenters. The largest absolute Gasteiger partial charge is 0.490 e. The van der Waals surface area contributed by atoms with E-state index in [-0.39, 0.29) is 19.0 Å². The lowest BCUT2D eigenvalue weighted by Gasteiger charge is -2.10. The Labute approximate surface area is 138 Å². The average Bonchev–Trinajstić information content (AvgIpc) is 2.47. The minimum Gasteiger partial charge on any atom is -0.490 e. The van der Waals surface area contributed by atoms with Crippen molar-refractivity contribution in [2.75, 3.05) is 13.2 Å². The average molecular weight is 422 g/mol. The lowest BCUT2D eigenvalue weighted by atomic mass is 10.2. The van der Waals surface area contributed by atoms with Crippen molar-refractivity contribution in [3.63, 3.8) is 0 Å². The Balaban J connectivity index is 1.87. The van der Waals surface area contributed by atoms with Crippen molar-refractivity contribution in [2.45, 2.75) is 5.33 Å². The first kappa shape index (κ1) is 16.2. The summed E-state index contributed by atoms with van der Waals surface area (Å²) in [6, 6.07) is 9.74. The summed E-state index contributed by atoms with van der Waals surface area (Å²) in [5.74, 6) is -1.14. The number of alkyl halides is 1. The Morgan fingerprint density at radius 2 is 1.48 bits per heavy atom. The second-order valence-corrected chi connectivity index (χ2v) is 5.65. The predicted octanol–water partition coefficient (Wildman–Crippen LogP) is 5.08. The molecule has 0 aliphatic carbocycles. The fraction of sp³-hybridized carbons (Fsp3) is 0.200. The maximum atomic E-state index is 13.7. The number of ether oxygens (including phenoxy) is 2. The fourth-order valence-electron chi connectivity index (χ4n) is 1.66. The summed E-state index contributed by atoms with van der Waals surface area (Å²) < 4.78 is 38.8. The van der Waals surface area contributed by atoms with Crippen molar-refractivity contribution in [3.8, 4) is 11.5 Å². The van der Waals surface area contributed by atoms with Crippen LogP contribution in [0.1, 0.15) is 5.56 Å². The van der Waals surface area contributed by atoms with Crippen molar-refractivity contribution in [1.29, 1.82) is 0 Å². The van der Waals surface area contributed by atoms with E-state index < -0.39 is 11.6 Å². The van der Waals surface area contributed by atoms with Crippen molar-refractivity contribution in [1.82, 2.24) is 0 Å². The van der Waals surface area contributed by atoms with Gasteiger partial charge in [0.15, 0.2) is 17.4 Å². The molecule has 0 spiro atoms. The van der Waals surface area contributed by atoms with Crippen LogP contribution in [-0.4, -0.2) is 13.2 Å². The van der Waals surface area contributed by atoms with Crippen LogP contribution in [0.5, 0.6) is 11.5 Å². The molecule has 0 amide bonds. The van der Waals surface area contributed by atoms with Crippen molar-refractivity contribution >= 4 is 31.9 Å². The summed E-state index contributed by atoms with van der Waals surface area (Å²) in [5, 5.41) is 0.383. The second kappa shape index (κ2) is 7.75. The van der Waals surface area contributed by atoms with Gasteiger partial charge in [0.2, 0.25) is 0 Å². The standard InChI is InChI=1S/C15H12Br2F2O2/c16-9-10-7-13(18)15(14(19)8-10)21-6-5-20-12-3-1-11(17)2-4-12/h1-4,7-8H,5-6,9H2. The molecule has 21 heavy (non-hydrogen) atoms. The zero-order valence-electron chi connectivity index (χ0n) is 10.9. The molecular weight excluding hydrogens is 410 g/mol. The van der Waals surface area contributed by atoms with E-state index in [1.165, 1.54) is 12.1 Å².